The van der Waals surface area contributed by atoms with E-state index in [1.165, 1.54) is 55.3 Å². The average Bonchev–Trinajstić information content (AvgIpc) is 2.93. The van der Waals surface area contributed by atoms with E-state index in [1.54, 1.807) is 0 Å². The molecule has 2 aliphatic carbocycles. The number of rotatable bonds is 3. The van der Waals surface area contributed by atoms with Crippen LogP contribution in [0.1, 0.15) is 74.5 Å². The lowest BCUT2D eigenvalue weighted by Gasteiger charge is -2.34. The Morgan fingerprint density at radius 2 is 1.79 bits per heavy atom. The molecule has 1 saturated carbocycles. The minimum atomic E-state index is -0.0851. The number of carbonyl (C=O) groups excluding carboxylic acids is 1. The zero-order valence-electron chi connectivity index (χ0n) is 17.6. The number of benzene rings is 1. The topological polar surface area (TPSA) is 44.8 Å². The number of likely N-dealkylation sites (tertiary alicyclic amines) is 1. The third kappa shape index (κ3) is 3.98. The summed E-state index contributed by atoms with van der Waals surface area (Å²) in [6.07, 6.45) is 9.74. The fourth-order valence-electron chi connectivity index (χ4n) is 5.91. The minimum Gasteiger partial charge on any atom is -0.449 e. The summed E-state index contributed by atoms with van der Waals surface area (Å²) in [6.45, 7) is 5.64. The van der Waals surface area contributed by atoms with E-state index >= 15 is 0 Å². The predicted molar refractivity (Wildman–Crippen MR) is 115 cm³/mol. The van der Waals surface area contributed by atoms with Crippen LogP contribution in [0.3, 0.4) is 0 Å². The van der Waals surface area contributed by atoms with Gasteiger partial charge in [0.25, 0.3) is 0 Å². The Balaban J connectivity index is 1.28. The van der Waals surface area contributed by atoms with Crippen molar-refractivity contribution >= 4 is 11.8 Å². The van der Waals surface area contributed by atoms with Crippen molar-refractivity contribution in [2.24, 2.45) is 5.92 Å². The van der Waals surface area contributed by atoms with Crippen LogP contribution in [0.25, 0.3) is 0 Å². The Kier molecular flexibility index (Phi) is 5.67. The number of anilines is 1. The fourth-order valence-corrected chi connectivity index (χ4v) is 5.91. The lowest BCUT2D eigenvalue weighted by atomic mass is 9.95. The molecule has 4 aliphatic rings. The van der Waals surface area contributed by atoms with Crippen molar-refractivity contribution in [1.29, 1.82) is 0 Å². The lowest BCUT2D eigenvalue weighted by Crippen LogP contribution is -2.43. The second-order valence-electron chi connectivity index (χ2n) is 9.42. The van der Waals surface area contributed by atoms with E-state index in [1.807, 2.05) is 4.90 Å². The number of hydrogen-bond acceptors (Lipinski definition) is 4. The van der Waals surface area contributed by atoms with Gasteiger partial charge in [-0.2, -0.15) is 0 Å². The highest BCUT2D eigenvalue weighted by molar-refractivity contribution is 5.70. The van der Waals surface area contributed by atoms with Gasteiger partial charge in [0.2, 0.25) is 0 Å². The third-order valence-electron chi connectivity index (χ3n) is 7.61. The Morgan fingerprint density at radius 1 is 1.00 bits per heavy atom. The molecule has 3 fully saturated rings. The first-order chi connectivity index (χ1) is 14.3. The van der Waals surface area contributed by atoms with Gasteiger partial charge < -0.3 is 19.9 Å². The SMILES string of the molecule is O=C(OCC1CCCCCC1)N1CCC2CC1c1cc(N3CCNCC3)ccc12. The molecule has 2 heterocycles. The fraction of sp³-hybridized carbons (Fsp3) is 0.708. The Bertz CT molecular complexity index is 723. The quantitative estimate of drug-likeness (QED) is 0.766. The van der Waals surface area contributed by atoms with Gasteiger partial charge in [0.05, 0.1) is 12.6 Å². The van der Waals surface area contributed by atoms with Gasteiger partial charge in [-0.05, 0) is 60.8 Å². The first kappa shape index (κ1) is 19.2. The molecule has 158 valence electrons. The van der Waals surface area contributed by atoms with Crippen molar-refractivity contribution in [3.63, 3.8) is 0 Å². The zero-order chi connectivity index (χ0) is 19.6. The molecule has 2 unspecified atom stereocenters. The zero-order valence-corrected chi connectivity index (χ0v) is 17.6. The number of nitrogens with zero attached hydrogens (tertiary/aromatic N) is 2. The van der Waals surface area contributed by atoms with Crippen molar-refractivity contribution in [2.75, 3.05) is 44.2 Å². The molecule has 0 aromatic heterocycles. The molecule has 5 heteroatoms. The third-order valence-corrected chi connectivity index (χ3v) is 7.61. The van der Waals surface area contributed by atoms with Crippen molar-refractivity contribution in [1.82, 2.24) is 10.2 Å². The number of nitrogens with one attached hydrogen (secondary N) is 1. The monoisotopic (exact) mass is 397 g/mol. The summed E-state index contributed by atoms with van der Waals surface area (Å²) in [5.74, 6) is 1.17. The summed E-state index contributed by atoms with van der Waals surface area (Å²) in [5.41, 5.74) is 4.15. The van der Waals surface area contributed by atoms with Gasteiger partial charge in [-0.15, -0.1) is 0 Å². The highest BCUT2D eigenvalue weighted by Gasteiger charge is 2.41. The van der Waals surface area contributed by atoms with Gasteiger partial charge in [-0.3, -0.25) is 0 Å². The maximum atomic E-state index is 13.0. The molecular weight excluding hydrogens is 362 g/mol. The molecule has 2 atom stereocenters. The summed E-state index contributed by atoms with van der Waals surface area (Å²) in [5, 5.41) is 3.43. The number of hydrogen-bond donors (Lipinski definition) is 1. The summed E-state index contributed by atoms with van der Waals surface area (Å²) < 4.78 is 5.86. The molecule has 1 N–H and O–H groups in total. The highest BCUT2D eigenvalue weighted by Crippen LogP contribution is 2.50. The van der Waals surface area contributed by atoms with Gasteiger partial charge in [0.15, 0.2) is 0 Å². The standard InChI is InChI=1S/C24H35N3O2/c28-24(29-17-18-5-3-1-2-4-6-18)27-12-9-19-15-23(27)22-16-20(7-8-21(19)22)26-13-10-25-11-14-26/h7-8,16,18-19,23,25H,1-6,9-15,17H2. The number of amides is 1. The van der Waals surface area contributed by atoms with E-state index in [0.717, 1.165) is 45.6 Å². The normalized spacial score (nSPS) is 27.4. The number of carbonyl (C=O) groups is 1. The van der Waals surface area contributed by atoms with Gasteiger partial charge in [-0.25, -0.2) is 4.79 Å². The van der Waals surface area contributed by atoms with Crippen molar-refractivity contribution in [3.8, 4) is 0 Å². The Hall–Kier alpha value is -1.75. The van der Waals surface area contributed by atoms with Crippen LogP contribution in [0.4, 0.5) is 10.5 Å². The van der Waals surface area contributed by atoms with E-state index in [4.69, 9.17) is 4.74 Å². The van der Waals surface area contributed by atoms with Crippen LogP contribution >= 0.6 is 0 Å². The number of piperazine rings is 1. The van der Waals surface area contributed by atoms with E-state index in [-0.39, 0.29) is 12.1 Å². The molecule has 0 spiro atoms. The Labute approximate surface area is 174 Å². The average molecular weight is 398 g/mol. The molecular formula is C24H35N3O2. The molecule has 2 aliphatic heterocycles. The van der Waals surface area contributed by atoms with Gasteiger partial charge in [0, 0.05) is 38.4 Å². The van der Waals surface area contributed by atoms with Gasteiger partial charge >= 0.3 is 6.09 Å². The summed E-state index contributed by atoms with van der Waals surface area (Å²) in [7, 11) is 0. The maximum absolute atomic E-state index is 13.0. The van der Waals surface area contributed by atoms with Crippen molar-refractivity contribution in [3.05, 3.63) is 29.3 Å². The molecule has 5 rings (SSSR count). The largest absolute Gasteiger partial charge is 0.449 e. The van der Waals surface area contributed by atoms with E-state index < -0.39 is 0 Å². The number of piperidine rings is 1. The molecule has 1 amide bonds. The van der Waals surface area contributed by atoms with Crippen LogP contribution < -0.4 is 10.2 Å². The van der Waals surface area contributed by atoms with E-state index in [9.17, 15) is 4.79 Å². The van der Waals surface area contributed by atoms with Crippen molar-refractivity contribution < 1.29 is 9.53 Å². The predicted octanol–water partition coefficient (Wildman–Crippen LogP) is 4.44. The Morgan fingerprint density at radius 3 is 2.59 bits per heavy atom. The van der Waals surface area contributed by atoms with Crippen LogP contribution in [-0.4, -0.2) is 50.3 Å². The molecule has 29 heavy (non-hydrogen) atoms. The summed E-state index contributed by atoms with van der Waals surface area (Å²) in [4.78, 5) is 17.5. The molecule has 1 aromatic rings. The highest BCUT2D eigenvalue weighted by atomic mass is 16.6. The smallest absolute Gasteiger partial charge is 0.410 e. The minimum absolute atomic E-state index is 0.0851. The number of fused-ring (bicyclic) bond motifs is 5. The molecule has 1 aromatic carbocycles. The molecule has 2 saturated heterocycles. The van der Waals surface area contributed by atoms with Crippen LogP contribution in [-0.2, 0) is 4.74 Å². The summed E-state index contributed by atoms with van der Waals surface area (Å²) in [6, 6.07) is 7.19. The van der Waals surface area contributed by atoms with E-state index in [0.29, 0.717) is 18.4 Å². The van der Waals surface area contributed by atoms with Crippen LogP contribution in [0.2, 0.25) is 0 Å². The van der Waals surface area contributed by atoms with Crippen molar-refractivity contribution in [2.45, 2.75) is 63.3 Å². The first-order valence-corrected chi connectivity index (χ1v) is 11.8. The van der Waals surface area contributed by atoms with Crippen LogP contribution in [0.15, 0.2) is 18.2 Å². The van der Waals surface area contributed by atoms with Crippen LogP contribution in [0.5, 0.6) is 0 Å². The number of ether oxygens (including phenoxy) is 1. The second kappa shape index (κ2) is 8.55. The summed E-state index contributed by atoms with van der Waals surface area (Å²) >= 11 is 0. The first-order valence-electron chi connectivity index (χ1n) is 11.8. The molecule has 0 radical (unpaired) electrons. The maximum Gasteiger partial charge on any atom is 0.410 e. The molecule has 2 bridgehead atoms. The van der Waals surface area contributed by atoms with E-state index in [2.05, 4.69) is 28.4 Å². The van der Waals surface area contributed by atoms with Gasteiger partial charge in [-0.1, -0.05) is 31.7 Å². The second-order valence-corrected chi connectivity index (χ2v) is 9.42. The van der Waals surface area contributed by atoms with Crippen LogP contribution in [0, 0.1) is 5.92 Å². The molecule has 5 nitrogen and oxygen atoms in total. The lowest BCUT2D eigenvalue weighted by molar-refractivity contribution is 0.0613. The van der Waals surface area contributed by atoms with Gasteiger partial charge in [0.1, 0.15) is 0 Å².